The number of anilines is 1. The van der Waals surface area contributed by atoms with Crippen molar-refractivity contribution in [2.75, 3.05) is 31.1 Å². The highest BCUT2D eigenvalue weighted by molar-refractivity contribution is 14.0. The minimum absolute atomic E-state index is 0. The van der Waals surface area contributed by atoms with Crippen molar-refractivity contribution in [3.05, 3.63) is 88.4 Å². The lowest BCUT2D eigenvalue weighted by Gasteiger charge is -2.37. The van der Waals surface area contributed by atoms with Gasteiger partial charge in [-0.15, -0.1) is 24.0 Å². The highest BCUT2D eigenvalue weighted by Gasteiger charge is 2.21. The molecule has 1 saturated heterocycles. The molecule has 0 radical (unpaired) electrons. The van der Waals surface area contributed by atoms with E-state index in [0.717, 1.165) is 49.1 Å². The van der Waals surface area contributed by atoms with Gasteiger partial charge in [-0.2, -0.15) is 0 Å². The molecule has 4 rings (SSSR count). The number of aromatic hydroxyl groups is 1. The second-order valence-electron chi connectivity index (χ2n) is 7.46. The molecule has 0 spiro atoms. The predicted octanol–water partition coefficient (Wildman–Crippen LogP) is 3.98. The Labute approximate surface area is 208 Å². The third-order valence-electron chi connectivity index (χ3n) is 5.36. The number of hydrogen-bond donors (Lipinski definition) is 2. The van der Waals surface area contributed by atoms with Crippen molar-refractivity contribution in [2.24, 2.45) is 4.99 Å². The molecule has 10 heteroatoms. The Morgan fingerprint density at radius 3 is 2.42 bits per heavy atom. The topological polar surface area (TPSA) is 107 Å². The number of benzene rings is 2. The van der Waals surface area contributed by atoms with Gasteiger partial charge in [-0.25, -0.2) is 4.99 Å². The Hall–Kier alpha value is -3.28. The number of piperazine rings is 1. The highest BCUT2D eigenvalue weighted by Crippen LogP contribution is 2.27. The van der Waals surface area contributed by atoms with E-state index in [1.165, 1.54) is 12.1 Å². The van der Waals surface area contributed by atoms with Crippen LogP contribution in [-0.2, 0) is 13.1 Å². The van der Waals surface area contributed by atoms with Gasteiger partial charge in [-0.3, -0.25) is 10.1 Å². The fourth-order valence-corrected chi connectivity index (χ4v) is 3.63. The Morgan fingerprint density at radius 2 is 1.79 bits per heavy atom. The Balaban J connectivity index is 0.00000306. The van der Waals surface area contributed by atoms with Crippen molar-refractivity contribution >= 4 is 41.3 Å². The molecule has 33 heavy (non-hydrogen) atoms. The zero-order valence-corrected chi connectivity index (χ0v) is 20.3. The number of furan rings is 1. The SMILES string of the molecule is I.O=[N+]([O-])c1ccc(CN=C(NCc2ccco2)N2CCN(c3ccccc3O)CC2)cc1. The van der Waals surface area contributed by atoms with Crippen LogP contribution in [0.1, 0.15) is 11.3 Å². The number of phenols is 1. The van der Waals surface area contributed by atoms with Crippen LogP contribution in [0.5, 0.6) is 5.75 Å². The van der Waals surface area contributed by atoms with Crippen molar-refractivity contribution < 1.29 is 14.4 Å². The molecule has 3 aromatic rings. The zero-order chi connectivity index (χ0) is 22.3. The van der Waals surface area contributed by atoms with Crippen molar-refractivity contribution in [3.63, 3.8) is 0 Å². The minimum Gasteiger partial charge on any atom is -0.506 e. The number of rotatable bonds is 6. The van der Waals surface area contributed by atoms with E-state index in [9.17, 15) is 15.2 Å². The number of nitro groups is 1. The number of aliphatic imine (C=N–C) groups is 1. The maximum atomic E-state index is 10.9. The first kappa shape index (κ1) is 24.4. The van der Waals surface area contributed by atoms with Gasteiger partial charge in [0.2, 0.25) is 0 Å². The molecule has 0 saturated carbocycles. The Morgan fingerprint density at radius 1 is 1.06 bits per heavy atom. The molecule has 2 aromatic carbocycles. The lowest BCUT2D eigenvalue weighted by molar-refractivity contribution is -0.384. The average Bonchev–Trinajstić information content (AvgIpc) is 3.34. The summed E-state index contributed by atoms with van der Waals surface area (Å²) in [5.74, 6) is 1.83. The number of non-ortho nitro benzene ring substituents is 1. The average molecular weight is 563 g/mol. The third-order valence-corrected chi connectivity index (χ3v) is 5.36. The van der Waals surface area contributed by atoms with Crippen LogP contribution in [-0.4, -0.2) is 47.1 Å². The summed E-state index contributed by atoms with van der Waals surface area (Å²) in [6.45, 7) is 3.87. The Kier molecular flexibility index (Phi) is 8.52. The standard InChI is InChI=1S/C23H25N5O4.HI/c29-22-6-2-1-5-21(22)26-11-13-27(14-12-26)23(25-17-20-4-3-15-32-20)24-16-18-7-9-19(10-8-18)28(30)31;/h1-10,15,29H,11-14,16-17H2,(H,24,25);1H. The highest BCUT2D eigenvalue weighted by atomic mass is 127. The van der Waals surface area contributed by atoms with Crippen LogP contribution in [0, 0.1) is 10.1 Å². The first-order chi connectivity index (χ1) is 15.6. The summed E-state index contributed by atoms with van der Waals surface area (Å²) in [5.41, 5.74) is 1.79. The number of guanidine groups is 1. The van der Waals surface area contributed by atoms with E-state index in [0.29, 0.717) is 13.1 Å². The van der Waals surface area contributed by atoms with Crippen molar-refractivity contribution in [3.8, 4) is 5.75 Å². The summed E-state index contributed by atoms with van der Waals surface area (Å²) in [7, 11) is 0. The first-order valence-electron chi connectivity index (χ1n) is 10.4. The van der Waals surface area contributed by atoms with Crippen LogP contribution in [0.25, 0.3) is 0 Å². The van der Waals surface area contributed by atoms with Crippen molar-refractivity contribution in [1.82, 2.24) is 10.2 Å². The van der Waals surface area contributed by atoms with Gasteiger partial charge in [0.15, 0.2) is 5.96 Å². The summed E-state index contributed by atoms with van der Waals surface area (Å²) in [5, 5.41) is 24.4. The predicted molar refractivity (Wildman–Crippen MR) is 137 cm³/mol. The van der Waals surface area contributed by atoms with Gasteiger partial charge in [-0.05, 0) is 29.8 Å². The molecule has 9 nitrogen and oxygen atoms in total. The third kappa shape index (κ3) is 6.37. The zero-order valence-electron chi connectivity index (χ0n) is 18.0. The largest absolute Gasteiger partial charge is 0.506 e. The number of hydrogen-bond acceptors (Lipinski definition) is 6. The van der Waals surface area contributed by atoms with E-state index in [-0.39, 0.29) is 35.4 Å². The molecule has 1 aliphatic heterocycles. The molecule has 0 bridgehead atoms. The van der Waals surface area contributed by atoms with E-state index in [1.54, 1.807) is 24.5 Å². The molecule has 2 heterocycles. The molecule has 0 amide bonds. The number of nitrogens with zero attached hydrogens (tertiary/aromatic N) is 4. The van der Waals surface area contributed by atoms with Gasteiger partial charge in [-0.1, -0.05) is 24.3 Å². The number of nitrogens with one attached hydrogen (secondary N) is 1. The summed E-state index contributed by atoms with van der Waals surface area (Å²) < 4.78 is 5.42. The number of halogens is 1. The van der Waals surface area contributed by atoms with Gasteiger partial charge in [0.25, 0.3) is 5.69 Å². The molecular formula is C23H26IN5O4. The van der Waals surface area contributed by atoms with Gasteiger partial charge >= 0.3 is 0 Å². The fraction of sp³-hybridized carbons (Fsp3) is 0.261. The molecule has 1 fully saturated rings. The van der Waals surface area contributed by atoms with Crippen molar-refractivity contribution in [1.29, 1.82) is 0 Å². The van der Waals surface area contributed by atoms with E-state index in [1.807, 2.05) is 30.3 Å². The molecule has 0 atom stereocenters. The van der Waals surface area contributed by atoms with E-state index in [4.69, 9.17) is 9.41 Å². The lowest BCUT2D eigenvalue weighted by atomic mass is 10.2. The summed E-state index contributed by atoms with van der Waals surface area (Å²) in [4.78, 5) is 19.5. The molecule has 174 valence electrons. The van der Waals surface area contributed by atoms with Crippen LogP contribution >= 0.6 is 24.0 Å². The summed E-state index contributed by atoms with van der Waals surface area (Å²) in [6.07, 6.45) is 1.63. The monoisotopic (exact) mass is 563 g/mol. The molecule has 1 aromatic heterocycles. The van der Waals surface area contributed by atoms with Crippen LogP contribution in [0.4, 0.5) is 11.4 Å². The van der Waals surface area contributed by atoms with Crippen LogP contribution in [0.15, 0.2) is 76.3 Å². The number of para-hydroxylation sites is 2. The molecular weight excluding hydrogens is 537 g/mol. The first-order valence-corrected chi connectivity index (χ1v) is 10.4. The Bertz CT molecular complexity index is 1060. The second-order valence-corrected chi connectivity index (χ2v) is 7.46. The normalized spacial score (nSPS) is 14.0. The summed E-state index contributed by atoms with van der Waals surface area (Å²) >= 11 is 0. The second kappa shape index (κ2) is 11.5. The van der Waals surface area contributed by atoms with Crippen LogP contribution in [0.2, 0.25) is 0 Å². The lowest BCUT2D eigenvalue weighted by Crippen LogP contribution is -2.52. The van der Waals surface area contributed by atoms with Gasteiger partial charge in [0.05, 0.1) is 30.0 Å². The maximum Gasteiger partial charge on any atom is 0.269 e. The smallest absolute Gasteiger partial charge is 0.269 e. The molecule has 1 aliphatic rings. The van der Waals surface area contributed by atoms with Crippen LogP contribution < -0.4 is 10.2 Å². The molecule has 2 N–H and O–H groups in total. The van der Waals surface area contributed by atoms with Gasteiger partial charge in [0, 0.05) is 38.3 Å². The van der Waals surface area contributed by atoms with E-state index in [2.05, 4.69) is 15.1 Å². The quantitative estimate of drug-likeness (QED) is 0.154. The van der Waals surface area contributed by atoms with E-state index >= 15 is 0 Å². The van der Waals surface area contributed by atoms with Gasteiger partial charge in [0.1, 0.15) is 11.5 Å². The molecule has 0 unspecified atom stereocenters. The van der Waals surface area contributed by atoms with E-state index < -0.39 is 4.92 Å². The number of nitro benzene ring substituents is 1. The fourth-order valence-electron chi connectivity index (χ4n) is 3.63. The minimum atomic E-state index is -0.409. The van der Waals surface area contributed by atoms with Crippen molar-refractivity contribution in [2.45, 2.75) is 13.1 Å². The number of phenolic OH excluding ortho intramolecular Hbond substituents is 1. The van der Waals surface area contributed by atoms with Gasteiger partial charge < -0.3 is 24.6 Å². The van der Waals surface area contributed by atoms with Crippen LogP contribution in [0.3, 0.4) is 0 Å². The summed E-state index contributed by atoms with van der Waals surface area (Å²) in [6, 6.07) is 17.5. The molecule has 0 aliphatic carbocycles. The maximum absolute atomic E-state index is 10.9.